The van der Waals surface area contributed by atoms with Crippen LogP contribution in [0.2, 0.25) is 0 Å². The van der Waals surface area contributed by atoms with Gasteiger partial charge in [-0.3, -0.25) is 0 Å². The third-order valence-corrected chi connectivity index (χ3v) is 2.85. The number of pyridine rings is 1. The molecule has 0 bridgehead atoms. The van der Waals surface area contributed by atoms with Gasteiger partial charge in [0.1, 0.15) is 5.82 Å². The molecule has 0 saturated heterocycles. The lowest BCUT2D eigenvalue weighted by molar-refractivity contribution is 0.0696. The zero-order chi connectivity index (χ0) is 13.2. The lowest BCUT2D eigenvalue weighted by Crippen LogP contribution is -2.04. The fourth-order valence-corrected chi connectivity index (χ4v) is 1.75. The molecular formula is C14H22N2O2. The number of carboxylic acids is 1. The number of aromatic nitrogens is 1. The van der Waals surface area contributed by atoms with Gasteiger partial charge in [-0.05, 0) is 18.6 Å². The lowest BCUT2D eigenvalue weighted by Gasteiger charge is -2.05. The second-order valence-corrected chi connectivity index (χ2v) is 4.43. The molecule has 0 amide bonds. The first-order chi connectivity index (χ1) is 8.74. The lowest BCUT2D eigenvalue weighted by atomic mass is 10.1. The number of hydrogen-bond donors (Lipinski definition) is 2. The number of aromatic carboxylic acids is 1. The number of nitrogens with zero attached hydrogens (tertiary/aromatic N) is 1. The molecule has 0 saturated carbocycles. The highest BCUT2D eigenvalue weighted by Gasteiger charge is 2.02. The first-order valence-corrected chi connectivity index (χ1v) is 6.67. The van der Waals surface area contributed by atoms with E-state index in [2.05, 4.69) is 17.2 Å². The van der Waals surface area contributed by atoms with E-state index in [1.54, 1.807) is 12.1 Å². The maximum Gasteiger partial charge on any atom is 0.337 e. The molecule has 0 spiro atoms. The van der Waals surface area contributed by atoms with E-state index in [9.17, 15) is 4.79 Å². The van der Waals surface area contributed by atoms with Gasteiger partial charge in [-0.25, -0.2) is 9.78 Å². The molecule has 0 fully saturated rings. The molecule has 1 rings (SSSR count). The Morgan fingerprint density at radius 1 is 1.22 bits per heavy atom. The molecule has 0 radical (unpaired) electrons. The quantitative estimate of drug-likeness (QED) is 0.658. The fraction of sp³-hybridized carbons (Fsp3) is 0.571. The van der Waals surface area contributed by atoms with Crippen molar-refractivity contribution in [1.29, 1.82) is 0 Å². The molecule has 100 valence electrons. The van der Waals surface area contributed by atoms with Crippen LogP contribution in [0.4, 0.5) is 5.82 Å². The largest absolute Gasteiger partial charge is 0.478 e. The van der Waals surface area contributed by atoms with Crippen molar-refractivity contribution < 1.29 is 9.90 Å². The van der Waals surface area contributed by atoms with Crippen LogP contribution in [0, 0.1) is 0 Å². The summed E-state index contributed by atoms with van der Waals surface area (Å²) >= 11 is 0. The minimum absolute atomic E-state index is 0.222. The van der Waals surface area contributed by atoms with Gasteiger partial charge in [0.05, 0.1) is 5.56 Å². The summed E-state index contributed by atoms with van der Waals surface area (Å²) < 4.78 is 0. The van der Waals surface area contributed by atoms with Crippen LogP contribution < -0.4 is 5.32 Å². The summed E-state index contributed by atoms with van der Waals surface area (Å²) in [6.07, 6.45) is 8.96. The topological polar surface area (TPSA) is 62.2 Å². The molecule has 1 heterocycles. The second kappa shape index (κ2) is 8.50. The zero-order valence-electron chi connectivity index (χ0n) is 11.0. The van der Waals surface area contributed by atoms with Gasteiger partial charge in [0.25, 0.3) is 0 Å². The molecule has 0 aliphatic carbocycles. The van der Waals surface area contributed by atoms with E-state index in [1.807, 2.05) is 0 Å². The highest BCUT2D eigenvalue weighted by Crippen LogP contribution is 2.07. The van der Waals surface area contributed by atoms with Crippen LogP contribution in [-0.2, 0) is 0 Å². The Balaban J connectivity index is 2.14. The van der Waals surface area contributed by atoms with Crippen LogP contribution >= 0.6 is 0 Å². The Bertz CT molecular complexity index is 349. The standard InChI is InChI=1S/C14H22N2O2/c1-2-3-4-5-6-7-10-15-13-9-8-12(11-16-13)14(17)18/h8-9,11H,2-7,10H2,1H3,(H,15,16)(H,17,18). The van der Waals surface area contributed by atoms with Crippen LogP contribution in [-0.4, -0.2) is 22.6 Å². The Morgan fingerprint density at radius 3 is 2.56 bits per heavy atom. The summed E-state index contributed by atoms with van der Waals surface area (Å²) in [4.78, 5) is 14.7. The monoisotopic (exact) mass is 250 g/mol. The number of hydrogen-bond acceptors (Lipinski definition) is 3. The van der Waals surface area contributed by atoms with E-state index in [-0.39, 0.29) is 5.56 Å². The van der Waals surface area contributed by atoms with Gasteiger partial charge >= 0.3 is 5.97 Å². The van der Waals surface area contributed by atoms with Gasteiger partial charge in [-0.15, -0.1) is 0 Å². The molecule has 0 unspecified atom stereocenters. The van der Waals surface area contributed by atoms with E-state index in [4.69, 9.17) is 5.11 Å². The summed E-state index contributed by atoms with van der Waals surface area (Å²) in [5.74, 6) is -0.196. The molecule has 0 atom stereocenters. The van der Waals surface area contributed by atoms with Crippen molar-refractivity contribution in [2.24, 2.45) is 0 Å². The molecular weight excluding hydrogens is 228 g/mol. The molecule has 4 heteroatoms. The van der Waals surface area contributed by atoms with Gasteiger partial charge < -0.3 is 10.4 Å². The first kappa shape index (κ1) is 14.5. The fourth-order valence-electron chi connectivity index (χ4n) is 1.75. The summed E-state index contributed by atoms with van der Waals surface area (Å²) in [5.41, 5.74) is 0.222. The SMILES string of the molecule is CCCCCCCCNc1ccc(C(=O)O)cn1. The number of carboxylic acid groups (broad SMARTS) is 1. The highest BCUT2D eigenvalue weighted by molar-refractivity contribution is 5.87. The number of rotatable bonds is 9. The highest BCUT2D eigenvalue weighted by atomic mass is 16.4. The van der Waals surface area contributed by atoms with E-state index in [0.717, 1.165) is 18.8 Å². The minimum atomic E-state index is -0.940. The average molecular weight is 250 g/mol. The van der Waals surface area contributed by atoms with Crippen molar-refractivity contribution in [2.45, 2.75) is 45.4 Å². The Labute approximate surface area is 108 Å². The predicted octanol–water partition coefficient (Wildman–Crippen LogP) is 3.55. The van der Waals surface area contributed by atoms with Crippen LogP contribution in [0.5, 0.6) is 0 Å². The van der Waals surface area contributed by atoms with Crippen molar-refractivity contribution in [3.63, 3.8) is 0 Å². The van der Waals surface area contributed by atoms with Gasteiger partial charge in [0.2, 0.25) is 0 Å². The van der Waals surface area contributed by atoms with Crippen LogP contribution in [0.1, 0.15) is 55.8 Å². The van der Waals surface area contributed by atoms with Crippen LogP contribution in [0.3, 0.4) is 0 Å². The average Bonchev–Trinajstić information content (AvgIpc) is 2.38. The second-order valence-electron chi connectivity index (χ2n) is 4.43. The normalized spacial score (nSPS) is 10.3. The molecule has 4 nitrogen and oxygen atoms in total. The Kier molecular flexibility index (Phi) is 6.84. The maximum absolute atomic E-state index is 10.6. The first-order valence-electron chi connectivity index (χ1n) is 6.67. The molecule has 18 heavy (non-hydrogen) atoms. The molecule has 0 aliphatic heterocycles. The van der Waals surface area contributed by atoms with E-state index in [1.165, 1.54) is 38.3 Å². The molecule has 1 aromatic heterocycles. The third kappa shape index (κ3) is 5.66. The molecule has 1 aromatic rings. The minimum Gasteiger partial charge on any atom is -0.478 e. The number of nitrogens with one attached hydrogen (secondary N) is 1. The van der Waals surface area contributed by atoms with Crippen molar-refractivity contribution in [3.05, 3.63) is 23.9 Å². The number of anilines is 1. The molecule has 0 aromatic carbocycles. The predicted molar refractivity (Wildman–Crippen MR) is 73.1 cm³/mol. The van der Waals surface area contributed by atoms with Crippen LogP contribution in [0.15, 0.2) is 18.3 Å². The van der Waals surface area contributed by atoms with Crippen molar-refractivity contribution in [3.8, 4) is 0 Å². The Morgan fingerprint density at radius 2 is 1.94 bits per heavy atom. The van der Waals surface area contributed by atoms with Crippen molar-refractivity contribution in [1.82, 2.24) is 4.98 Å². The maximum atomic E-state index is 10.6. The van der Waals surface area contributed by atoms with Crippen molar-refractivity contribution >= 4 is 11.8 Å². The third-order valence-electron chi connectivity index (χ3n) is 2.85. The van der Waals surface area contributed by atoms with Gasteiger partial charge in [-0.1, -0.05) is 39.0 Å². The zero-order valence-corrected chi connectivity index (χ0v) is 11.0. The summed E-state index contributed by atoms with van der Waals surface area (Å²) in [5, 5.41) is 11.9. The summed E-state index contributed by atoms with van der Waals surface area (Å²) in [6, 6.07) is 3.28. The van der Waals surface area contributed by atoms with E-state index < -0.39 is 5.97 Å². The van der Waals surface area contributed by atoms with Crippen LogP contribution in [0.25, 0.3) is 0 Å². The van der Waals surface area contributed by atoms with E-state index >= 15 is 0 Å². The Hall–Kier alpha value is -1.58. The van der Waals surface area contributed by atoms with Gasteiger partial charge in [0, 0.05) is 12.7 Å². The van der Waals surface area contributed by atoms with Gasteiger partial charge in [-0.2, -0.15) is 0 Å². The van der Waals surface area contributed by atoms with Crippen molar-refractivity contribution in [2.75, 3.05) is 11.9 Å². The summed E-state index contributed by atoms with van der Waals surface area (Å²) in [7, 11) is 0. The molecule has 0 aliphatic rings. The number of carbonyl (C=O) groups is 1. The smallest absolute Gasteiger partial charge is 0.337 e. The summed E-state index contributed by atoms with van der Waals surface area (Å²) in [6.45, 7) is 3.11. The van der Waals surface area contributed by atoms with Gasteiger partial charge in [0.15, 0.2) is 0 Å². The number of unbranched alkanes of at least 4 members (excludes halogenated alkanes) is 5. The molecule has 2 N–H and O–H groups in total. The van der Waals surface area contributed by atoms with E-state index in [0.29, 0.717) is 0 Å².